The Hall–Kier alpha value is -1.11. The number of hydrogen-bond donors (Lipinski definition) is 1. The van der Waals surface area contributed by atoms with Gasteiger partial charge in [-0.05, 0) is 27.7 Å². The van der Waals surface area contributed by atoms with E-state index in [1.54, 1.807) is 13.8 Å². The van der Waals surface area contributed by atoms with Crippen molar-refractivity contribution in [3.05, 3.63) is 0 Å². The lowest BCUT2D eigenvalue weighted by molar-refractivity contribution is -0.139. The molecule has 0 radical (unpaired) electrons. The summed E-state index contributed by atoms with van der Waals surface area (Å²) in [6, 6.07) is 0. The van der Waals surface area contributed by atoms with Gasteiger partial charge in [0, 0.05) is 13.1 Å². The molecular formula is C10H19NO5S. The van der Waals surface area contributed by atoms with Gasteiger partial charge in [0.05, 0.1) is 0 Å². The largest absolute Gasteiger partial charge is 0.480 e. The van der Waals surface area contributed by atoms with Gasteiger partial charge in [0.15, 0.2) is 14.6 Å². The van der Waals surface area contributed by atoms with Crippen LogP contribution in [0.5, 0.6) is 0 Å². The Bertz CT molecular complexity index is 395. The van der Waals surface area contributed by atoms with E-state index in [4.69, 9.17) is 5.11 Å². The summed E-state index contributed by atoms with van der Waals surface area (Å²) in [6.45, 7) is 6.43. The highest BCUT2D eigenvalue weighted by molar-refractivity contribution is 7.94. The molecule has 0 bridgehead atoms. The van der Waals surface area contributed by atoms with Crippen molar-refractivity contribution in [2.75, 3.05) is 18.8 Å². The van der Waals surface area contributed by atoms with E-state index in [-0.39, 0.29) is 0 Å². The molecule has 0 heterocycles. The molecule has 0 saturated carbocycles. The average molecular weight is 265 g/mol. The van der Waals surface area contributed by atoms with Gasteiger partial charge in [-0.1, -0.05) is 0 Å². The monoisotopic (exact) mass is 265 g/mol. The first-order valence-electron chi connectivity index (χ1n) is 5.33. The molecule has 0 aromatic rings. The van der Waals surface area contributed by atoms with Crippen LogP contribution in [0.3, 0.4) is 0 Å². The molecule has 0 fully saturated rings. The van der Waals surface area contributed by atoms with E-state index in [2.05, 4.69) is 0 Å². The van der Waals surface area contributed by atoms with Gasteiger partial charge in [0.25, 0.3) is 0 Å². The molecule has 7 heteroatoms. The van der Waals surface area contributed by atoms with Gasteiger partial charge < -0.3 is 10.0 Å². The van der Waals surface area contributed by atoms with Gasteiger partial charge >= 0.3 is 5.97 Å². The van der Waals surface area contributed by atoms with Crippen LogP contribution < -0.4 is 0 Å². The lowest BCUT2D eigenvalue weighted by Crippen LogP contribution is -2.46. The average Bonchev–Trinajstić information content (AvgIpc) is 2.18. The van der Waals surface area contributed by atoms with Crippen LogP contribution in [0.2, 0.25) is 0 Å². The number of carboxylic acid groups (broad SMARTS) is 1. The third-order valence-corrected chi connectivity index (χ3v) is 5.08. The number of carbonyl (C=O) groups is 2. The maximum absolute atomic E-state index is 11.8. The van der Waals surface area contributed by atoms with E-state index < -0.39 is 32.2 Å². The Labute approximate surface area is 102 Å². The van der Waals surface area contributed by atoms with Crippen molar-refractivity contribution < 1.29 is 23.1 Å². The summed E-state index contributed by atoms with van der Waals surface area (Å²) in [6.07, 6.45) is 0. The maximum atomic E-state index is 11.8. The fraction of sp³-hybridized carbons (Fsp3) is 0.800. The van der Waals surface area contributed by atoms with Crippen LogP contribution in [-0.4, -0.2) is 53.9 Å². The third-order valence-electron chi connectivity index (χ3n) is 2.72. The molecule has 1 amide bonds. The van der Waals surface area contributed by atoms with E-state index in [9.17, 15) is 18.0 Å². The Morgan fingerprint density at radius 1 is 1.18 bits per heavy atom. The van der Waals surface area contributed by atoms with Crippen LogP contribution in [-0.2, 0) is 19.4 Å². The first-order valence-corrected chi connectivity index (χ1v) is 6.98. The number of sulfone groups is 1. The van der Waals surface area contributed by atoms with Crippen LogP contribution in [0.25, 0.3) is 0 Å². The number of aliphatic carboxylic acids is 1. The number of nitrogens with zero attached hydrogens (tertiary/aromatic N) is 1. The molecule has 0 unspecified atom stereocenters. The van der Waals surface area contributed by atoms with Crippen LogP contribution in [0.4, 0.5) is 0 Å². The minimum absolute atomic E-state index is 0.401. The van der Waals surface area contributed by atoms with Crippen molar-refractivity contribution in [1.82, 2.24) is 4.90 Å². The zero-order valence-corrected chi connectivity index (χ0v) is 11.4. The Kier molecular flexibility index (Phi) is 5.12. The van der Waals surface area contributed by atoms with Gasteiger partial charge in [-0.25, -0.2) is 8.42 Å². The fourth-order valence-corrected chi connectivity index (χ4v) is 2.28. The van der Waals surface area contributed by atoms with Gasteiger partial charge in [-0.3, -0.25) is 9.59 Å². The topological polar surface area (TPSA) is 91.8 Å². The quantitative estimate of drug-likeness (QED) is 0.737. The number of carbonyl (C=O) groups excluding carboxylic acids is 1. The molecular weight excluding hydrogens is 246 g/mol. The Balaban J connectivity index is 5.02. The zero-order chi connectivity index (χ0) is 13.9. The molecule has 1 N–H and O–H groups in total. The Morgan fingerprint density at radius 2 is 1.59 bits per heavy atom. The standard InChI is InChI=1S/C10H19NO5S/c1-5-11(6-2)8(12)7-17(15,16)10(3,4)9(13)14/h5-7H2,1-4H3,(H,13,14). The molecule has 0 aliphatic rings. The van der Waals surface area contributed by atoms with Gasteiger partial charge in [-0.2, -0.15) is 0 Å². The second-order valence-corrected chi connectivity index (χ2v) is 6.68. The number of hydrogen-bond acceptors (Lipinski definition) is 4. The Morgan fingerprint density at radius 3 is 1.88 bits per heavy atom. The molecule has 0 rings (SSSR count). The molecule has 100 valence electrons. The van der Waals surface area contributed by atoms with Gasteiger partial charge in [0.1, 0.15) is 5.75 Å². The van der Waals surface area contributed by atoms with E-state index in [1.807, 2.05) is 0 Å². The number of amides is 1. The molecule has 0 aliphatic carbocycles. The number of carboxylic acids is 1. The van der Waals surface area contributed by atoms with E-state index >= 15 is 0 Å². The molecule has 17 heavy (non-hydrogen) atoms. The summed E-state index contributed by atoms with van der Waals surface area (Å²) in [4.78, 5) is 23.9. The van der Waals surface area contributed by atoms with Crippen LogP contribution in [0.15, 0.2) is 0 Å². The molecule has 0 saturated heterocycles. The first kappa shape index (κ1) is 15.9. The molecule has 6 nitrogen and oxygen atoms in total. The lowest BCUT2D eigenvalue weighted by atomic mass is 10.2. The number of rotatable bonds is 6. The smallest absolute Gasteiger partial charge is 0.324 e. The summed E-state index contributed by atoms with van der Waals surface area (Å²) in [5.41, 5.74) is 0. The zero-order valence-electron chi connectivity index (χ0n) is 10.6. The summed E-state index contributed by atoms with van der Waals surface area (Å²) >= 11 is 0. The summed E-state index contributed by atoms with van der Waals surface area (Å²) < 4.78 is 21.7. The van der Waals surface area contributed by atoms with Crippen molar-refractivity contribution in [1.29, 1.82) is 0 Å². The van der Waals surface area contributed by atoms with Gasteiger partial charge in [0.2, 0.25) is 5.91 Å². The summed E-state index contributed by atoms with van der Waals surface area (Å²) in [5.74, 6) is -2.79. The van der Waals surface area contributed by atoms with E-state index in [0.717, 1.165) is 13.8 Å². The fourth-order valence-electron chi connectivity index (χ4n) is 1.14. The molecule has 0 atom stereocenters. The van der Waals surface area contributed by atoms with Crippen molar-refractivity contribution in [2.24, 2.45) is 0 Å². The van der Waals surface area contributed by atoms with E-state index in [1.165, 1.54) is 4.90 Å². The van der Waals surface area contributed by atoms with Crippen LogP contribution >= 0.6 is 0 Å². The highest BCUT2D eigenvalue weighted by atomic mass is 32.2. The van der Waals surface area contributed by atoms with Crippen molar-refractivity contribution in [3.63, 3.8) is 0 Å². The molecule has 0 aromatic carbocycles. The second-order valence-electron chi connectivity index (χ2n) is 4.14. The summed E-state index contributed by atoms with van der Waals surface area (Å²) in [5, 5.41) is 8.84. The molecule has 0 aromatic heterocycles. The van der Waals surface area contributed by atoms with Crippen molar-refractivity contribution in [2.45, 2.75) is 32.4 Å². The van der Waals surface area contributed by atoms with Gasteiger partial charge in [-0.15, -0.1) is 0 Å². The second kappa shape index (κ2) is 5.48. The van der Waals surface area contributed by atoms with Crippen LogP contribution in [0.1, 0.15) is 27.7 Å². The summed E-state index contributed by atoms with van der Waals surface area (Å²) in [7, 11) is -4.01. The third kappa shape index (κ3) is 3.42. The lowest BCUT2D eigenvalue weighted by Gasteiger charge is -2.23. The molecule has 0 aliphatic heterocycles. The predicted octanol–water partition coefficient (Wildman–Crippen LogP) is 0.133. The predicted molar refractivity (Wildman–Crippen MR) is 63.4 cm³/mol. The minimum atomic E-state index is -4.01. The molecule has 0 spiro atoms. The van der Waals surface area contributed by atoms with E-state index in [0.29, 0.717) is 13.1 Å². The minimum Gasteiger partial charge on any atom is -0.480 e. The highest BCUT2D eigenvalue weighted by Crippen LogP contribution is 2.18. The maximum Gasteiger partial charge on any atom is 0.324 e. The van der Waals surface area contributed by atoms with Crippen molar-refractivity contribution >= 4 is 21.7 Å². The van der Waals surface area contributed by atoms with Crippen molar-refractivity contribution in [3.8, 4) is 0 Å². The highest BCUT2D eigenvalue weighted by Gasteiger charge is 2.43. The van der Waals surface area contributed by atoms with Crippen LogP contribution in [0, 0.1) is 0 Å². The first-order chi connectivity index (χ1) is 7.60. The normalized spacial score (nSPS) is 12.2. The SMILES string of the molecule is CCN(CC)C(=O)CS(=O)(=O)C(C)(C)C(=O)O.